The molecule has 0 aromatic carbocycles. The minimum atomic E-state index is -0.143. The lowest BCUT2D eigenvalue weighted by molar-refractivity contribution is 0.109. The number of aliphatic hydroxyl groups is 1. The molecule has 5 nitrogen and oxygen atoms in total. The zero-order valence-corrected chi connectivity index (χ0v) is 13.1. The average Bonchev–Trinajstić information content (AvgIpc) is 2.77. The van der Waals surface area contributed by atoms with Crippen LogP contribution < -0.4 is 5.32 Å². The van der Waals surface area contributed by atoms with Gasteiger partial charge in [0.25, 0.3) is 0 Å². The van der Waals surface area contributed by atoms with E-state index >= 15 is 0 Å². The molecule has 1 saturated carbocycles. The molecular weight excluding hydrogens is 320 g/mol. The SMILES string of the molecule is CCNc1cc2c(cn1)c(Br)nn2[C@H]1CC[C@H](O)CC1. The van der Waals surface area contributed by atoms with Crippen LogP contribution in [0.3, 0.4) is 0 Å². The number of halogens is 1. The first-order valence-corrected chi connectivity index (χ1v) is 7.94. The molecule has 2 N–H and O–H groups in total. The summed E-state index contributed by atoms with van der Waals surface area (Å²) in [5.74, 6) is 0.879. The Morgan fingerprint density at radius 2 is 2.15 bits per heavy atom. The second-order valence-corrected chi connectivity index (χ2v) is 6.07. The van der Waals surface area contributed by atoms with E-state index in [0.717, 1.165) is 53.6 Å². The number of nitrogens with zero attached hydrogens (tertiary/aromatic N) is 3. The number of aromatic nitrogens is 3. The lowest BCUT2D eigenvalue weighted by atomic mass is 9.93. The second-order valence-electron chi connectivity index (χ2n) is 5.31. The van der Waals surface area contributed by atoms with E-state index in [2.05, 4.69) is 49.0 Å². The predicted octanol–water partition coefficient (Wildman–Crippen LogP) is 3.10. The van der Waals surface area contributed by atoms with Crippen LogP contribution in [0.4, 0.5) is 5.82 Å². The number of aliphatic hydroxyl groups excluding tert-OH is 1. The highest BCUT2D eigenvalue weighted by Gasteiger charge is 2.23. The number of nitrogens with one attached hydrogen (secondary N) is 1. The van der Waals surface area contributed by atoms with E-state index in [4.69, 9.17) is 0 Å². The predicted molar refractivity (Wildman–Crippen MR) is 82.9 cm³/mol. The Labute approximate surface area is 126 Å². The number of hydrogen-bond donors (Lipinski definition) is 2. The highest BCUT2D eigenvalue weighted by atomic mass is 79.9. The lowest BCUT2D eigenvalue weighted by Gasteiger charge is -2.26. The van der Waals surface area contributed by atoms with Crippen LogP contribution in [0.2, 0.25) is 0 Å². The van der Waals surface area contributed by atoms with Crippen molar-refractivity contribution in [1.29, 1.82) is 0 Å². The van der Waals surface area contributed by atoms with Crippen molar-refractivity contribution in [2.24, 2.45) is 0 Å². The second kappa shape index (κ2) is 5.69. The van der Waals surface area contributed by atoms with Gasteiger partial charge in [0.1, 0.15) is 10.4 Å². The van der Waals surface area contributed by atoms with E-state index < -0.39 is 0 Å². The summed E-state index contributed by atoms with van der Waals surface area (Å²) in [5.41, 5.74) is 1.10. The highest BCUT2D eigenvalue weighted by Crippen LogP contribution is 2.33. The molecule has 0 unspecified atom stereocenters. The molecular formula is C14H19BrN4O. The van der Waals surface area contributed by atoms with Gasteiger partial charge in [0, 0.05) is 18.8 Å². The van der Waals surface area contributed by atoms with Crippen LogP contribution in [0.5, 0.6) is 0 Å². The Balaban J connectivity index is 1.99. The summed E-state index contributed by atoms with van der Waals surface area (Å²) < 4.78 is 2.93. The third-order valence-electron chi connectivity index (χ3n) is 3.92. The lowest BCUT2D eigenvalue weighted by Crippen LogP contribution is -2.21. The third-order valence-corrected chi connectivity index (χ3v) is 4.50. The van der Waals surface area contributed by atoms with Crippen LogP contribution in [0.1, 0.15) is 38.6 Å². The van der Waals surface area contributed by atoms with E-state index in [-0.39, 0.29) is 6.10 Å². The van der Waals surface area contributed by atoms with Gasteiger partial charge >= 0.3 is 0 Å². The van der Waals surface area contributed by atoms with Gasteiger partial charge in [0.2, 0.25) is 0 Å². The summed E-state index contributed by atoms with van der Waals surface area (Å²) in [4.78, 5) is 4.39. The molecule has 0 atom stereocenters. The van der Waals surface area contributed by atoms with Gasteiger partial charge in [-0.2, -0.15) is 5.10 Å². The van der Waals surface area contributed by atoms with Crippen LogP contribution in [0.15, 0.2) is 16.9 Å². The maximum absolute atomic E-state index is 9.65. The Morgan fingerprint density at radius 1 is 1.40 bits per heavy atom. The van der Waals surface area contributed by atoms with Gasteiger partial charge in [-0.15, -0.1) is 0 Å². The third kappa shape index (κ3) is 2.54. The molecule has 20 heavy (non-hydrogen) atoms. The maximum Gasteiger partial charge on any atom is 0.137 e. The average molecular weight is 339 g/mol. The molecule has 0 aliphatic heterocycles. The van der Waals surface area contributed by atoms with E-state index in [1.165, 1.54) is 0 Å². The Hall–Kier alpha value is -1.14. The van der Waals surface area contributed by atoms with E-state index in [1.54, 1.807) is 0 Å². The Morgan fingerprint density at radius 3 is 2.85 bits per heavy atom. The van der Waals surface area contributed by atoms with Crippen molar-refractivity contribution in [2.75, 3.05) is 11.9 Å². The molecule has 1 aliphatic carbocycles. The first-order valence-electron chi connectivity index (χ1n) is 7.14. The standard InChI is InChI=1S/C14H19BrN4O/c1-2-16-13-7-12-11(8-17-13)14(15)18-19(12)9-3-5-10(20)6-4-9/h7-10,20H,2-6H2,1H3,(H,16,17)/t9-,10-. The molecule has 0 saturated heterocycles. The van der Waals surface area contributed by atoms with Crippen LogP contribution >= 0.6 is 15.9 Å². The molecule has 0 amide bonds. The number of anilines is 1. The Bertz CT molecular complexity index is 604. The van der Waals surface area contributed by atoms with E-state index in [1.807, 2.05) is 6.20 Å². The topological polar surface area (TPSA) is 63.0 Å². The van der Waals surface area contributed by atoms with Gasteiger partial charge < -0.3 is 10.4 Å². The maximum atomic E-state index is 9.65. The van der Waals surface area contributed by atoms with Gasteiger partial charge in [-0.1, -0.05) is 0 Å². The van der Waals surface area contributed by atoms with Crippen LogP contribution in [-0.4, -0.2) is 32.5 Å². The van der Waals surface area contributed by atoms with Crippen molar-refractivity contribution in [3.63, 3.8) is 0 Å². The molecule has 2 aromatic rings. The van der Waals surface area contributed by atoms with E-state index in [0.29, 0.717) is 6.04 Å². The number of hydrogen-bond acceptors (Lipinski definition) is 4. The van der Waals surface area contributed by atoms with Crippen LogP contribution in [-0.2, 0) is 0 Å². The van der Waals surface area contributed by atoms with Gasteiger partial charge in [0.05, 0.1) is 23.0 Å². The smallest absolute Gasteiger partial charge is 0.137 e. The molecule has 1 aliphatic rings. The normalized spacial score (nSPS) is 23.1. The van der Waals surface area contributed by atoms with Crippen LogP contribution in [0, 0.1) is 0 Å². The number of fused-ring (bicyclic) bond motifs is 1. The minimum Gasteiger partial charge on any atom is -0.393 e. The van der Waals surface area contributed by atoms with Crippen molar-refractivity contribution < 1.29 is 5.11 Å². The van der Waals surface area contributed by atoms with Crippen molar-refractivity contribution in [3.05, 3.63) is 16.9 Å². The zero-order chi connectivity index (χ0) is 14.1. The first kappa shape index (κ1) is 13.8. The quantitative estimate of drug-likeness (QED) is 0.902. The molecule has 0 radical (unpaired) electrons. The summed E-state index contributed by atoms with van der Waals surface area (Å²) in [6, 6.07) is 2.42. The van der Waals surface area contributed by atoms with Crippen molar-refractivity contribution in [2.45, 2.75) is 44.8 Å². The van der Waals surface area contributed by atoms with Crippen molar-refractivity contribution in [1.82, 2.24) is 14.8 Å². The molecule has 0 bridgehead atoms. The monoisotopic (exact) mass is 338 g/mol. The van der Waals surface area contributed by atoms with E-state index in [9.17, 15) is 5.11 Å². The molecule has 2 aromatic heterocycles. The summed E-state index contributed by atoms with van der Waals surface area (Å²) in [6.45, 7) is 2.91. The molecule has 0 spiro atoms. The molecule has 1 fully saturated rings. The fourth-order valence-electron chi connectivity index (χ4n) is 2.85. The summed E-state index contributed by atoms with van der Waals surface area (Å²) in [7, 11) is 0. The fourth-order valence-corrected chi connectivity index (χ4v) is 3.33. The first-order chi connectivity index (χ1) is 9.69. The molecule has 6 heteroatoms. The van der Waals surface area contributed by atoms with Gasteiger partial charge in [-0.05, 0) is 48.5 Å². The summed E-state index contributed by atoms with van der Waals surface area (Å²) in [6.07, 6.45) is 5.38. The van der Waals surface area contributed by atoms with Crippen molar-refractivity contribution >= 4 is 32.7 Å². The van der Waals surface area contributed by atoms with Gasteiger partial charge in [-0.25, -0.2) is 4.98 Å². The molecule has 2 heterocycles. The highest BCUT2D eigenvalue weighted by molar-refractivity contribution is 9.10. The Kier molecular flexibility index (Phi) is 3.94. The fraction of sp³-hybridized carbons (Fsp3) is 0.571. The number of pyridine rings is 1. The zero-order valence-electron chi connectivity index (χ0n) is 11.5. The molecule has 3 rings (SSSR count). The summed E-state index contributed by atoms with van der Waals surface area (Å²) >= 11 is 3.52. The summed E-state index contributed by atoms with van der Waals surface area (Å²) in [5, 5.41) is 18.5. The van der Waals surface area contributed by atoms with Crippen LogP contribution in [0.25, 0.3) is 10.9 Å². The van der Waals surface area contributed by atoms with Crippen molar-refractivity contribution in [3.8, 4) is 0 Å². The minimum absolute atomic E-state index is 0.143. The van der Waals surface area contributed by atoms with Gasteiger partial charge in [0.15, 0.2) is 0 Å². The van der Waals surface area contributed by atoms with Gasteiger partial charge in [-0.3, -0.25) is 4.68 Å². The largest absolute Gasteiger partial charge is 0.393 e. The molecule has 108 valence electrons. The number of rotatable bonds is 3.